The van der Waals surface area contributed by atoms with Crippen molar-refractivity contribution in [3.05, 3.63) is 0 Å². The molecule has 1 heterocycles. The number of carbonyl (C=O) groups excluding carboxylic acids is 1. The molecule has 0 saturated carbocycles. The number of hydrogen-bond acceptors (Lipinski definition) is 4. The van der Waals surface area contributed by atoms with Gasteiger partial charge in [-0.25, -0.2) is 5.90 Å². The lowest BCUT2D eigenvalue weighted by Crippen LogP contribution is -2.17. The third-order valence-electron chi connectivity index (χ3n) is 1.25. The Morgan fingerprint density at radius 2 is 2.67 bits per heavy atom. The summed E-state index contributed by atoms with van der Waals surface area (Å²) in [7, 11) is 0. The average Bonchev–Trinajstić information content (AvgIpc) is 2.17. The highest BCUT2D eigenvalue weighted by Crippen LogP contribution is 2.12. The molecule has 0 radical (unpaired) electrons. The normalized spacial score (nSPS) is 26.3. The number of ether oxygens (including phenoxy) is 1. The minimum atomic E-state index is -0.156. The molecule has 1 atom stereocenters. The molecule has 0 aliphatic carbocycles. The molecule has 1 aliphatic heterocycles. The molecule has 9 heavy (non-hydrogen) atoms. The van der Waals surface area contributed by atoms with E-state index in [1.807, 2.05) is 0 Å². The molecule has 0 aromatic heterocycles. The summed E-state index contributed by atoms with van der Waals surface area (Å²) in [5.74, 6) is 4.61. The summed E-state index contributed by atoms with van der Waals surface area (Å²) in [6.45, 7) is 0.311. The molecule has 0 spiro atoms. The zero-order chi connectivity index (χ0) is 6.69. The maximum Gasteiger partial charge on any atom is 0.306 e. The van der Waals surface area contributed by atoms with Crippen molar-refractivity contribution in [2.75, 3.05) is 6.61 Å². The second kappa shape index (κ2) is 2.80. The van der Waals surface area contributed by atoms with E-state index in [0.29, 0.717) is 13.0 Å². The van der Waals surface area contributed by atoms with Crippen LogP contribution < -0.4 is 5.90 Å². The molecule has 1 aliphatic rings. The van der Waals surface area contributed by atoms with E-state index in [2.05, 4.69) is 4.84 Å². The van der Waals surface area contributed by atoms with Gasteiger partial charge in [-0.3, -0.25) is 4.79 Å². The zero-order valence-corrected chi connectivity index (χ0v) is 5.00. The summed E-state index contributed by atoms with van der Waals surface area (Å²) in [5, 5.41) is 0. The van der Waals surface area contributed by atoms with Crippen molar-refractivity contribution in [3.8, 4) is 0 Å². The van der Waals surface area contributed by atoms with Gasteiger partial charge in [-0.2, -0.15) is 0 Å². The van der Waals surface area contributed by atoms with Crippen molar-refractivity contribution in [3.63, 3.8) is 0 Å². The Labute approximate surface area is 52.9 Å². The van der Waals surface area contributed by atoms with Crippen molar-refractivity contribution in [1.29, 1.82) is 0 Å². The lowest BCUT2D eigenvalue weighted by Gasteiger charge is -2.04. The summed E-state index contributed by atoms with van der Waals surface area (Å²) in [6, 6.07) is 0. The SMILES string of the molecule is NOCC1CCC(=O)O1. The van der Waals surface area contributed by atoms with Crippen LogP contribution in [0.2, 0.25) is 0 Å². The molecule has 1 fully saturated rings. The third-order valence-corrected chi connectivity index (χ3v) is 1.25. The smallest absolute Gasteiger partial charge is 0.306 e. The summed E-state index contributed by atoms with van der Waals surface area (Å²) in [5.41, 5.74) is 0. The summed E-state index contributed by atoms with van der Waals surface area (Å²) >= 11 is 0. The number of esters is 1. The van der Waals surface area contributed by atoms with E-state index < -0.39 is 0 Å². The molecule has 2 N–H and O–H groups in total. The number of rotatable bonds is 2. The molecule has 0 amide bonds. The van der Waals surface area contributed by atoms with Crippen molar-refractivity contribution >= 4 is 5.97 Å². The van der Waals surface area contributed by atoms with Crippen molar-refractivity contribution in [2.24, 2.45) is 5.90 Å². The molecular formula is C5H9NO3. The maximum absolute atomic E-state index is 10.4. The monoisotopic (exact) mass is 131 g/mol. The minimum Gasteiger partial charge on any atom is -0.460 e. The Bertz CT molecular complexity index is 115. The van der Waals surface area contributed by atoms with Crippen LogP contribution in [0.15, 0.2) is 0 Å². The second-order valence-corrected chi connectivity index (χ2v) is 1.98. The Morgan fingerprint density at radius 1 is 1.89 bits per heavy atom. The molecule has 1 saturated heterocycles. The van der Waals surface area contributed by atoms with Crippen LogP contribution in [-0.4, -0.2) is 18.7 Å². The van der Waals surface area contributed by atoms with Gasteiger partial charge in [0.15, 0.2) is 0 Å². The fourth-order valence-corrected chi connectivity index (χ4v) is 0.807. The fourth-order valence-electron chi connectivity index (χ4n) is 0.807. The standard InChI is InChI=1S/C5H9NO3/c6-8-3-4-1-2-5(7)9-4/h4H,1-3,6H2. The molecule has 0 aromatic carbocycles. The van der Waals surface area contributed by atoms with Crippen LogP contribution in [0.25, 0.3) is 0 Å². The van der Waals surface area contributed by atoms with Gasteiger partial charge < -0.3 is 9.57 Å². The van der Waals surface area contributed by atoms with Crippen LogP contribution in [0.3, 0.4) is 0 Å². The van der Waals surface area contributed by atoms with Crippen LogP contribution in [0, 0.1) is 0 Å². The Hall–Kier alpha value is -0.610. The molecule has 0 aromatic rings. The van der Waals surface area contributed by atoms with Gasteiger partial charge in [-0.05, 0) is 6.42 Å². The van der Waals surface area contributed by atoms with Crippen molar-refractivity contribution < 1.29 is 14.4 Å². The summed E-state index contributed by atoms with van der Waals surface area (Å²) < 4.78 is 4.76. The van der Waals surface area contributed by atoms with Gasteiger partial charge in [-0.1, -0.05) is 0 Å². The van der Waals surface area contributed by atoms with Gasteiger partial charge in [0, 0.05) is 6.42 Å². The largest absolute Gasteiger partial charge is 0.460 e. The molecule has 4 heteroatoms. The highest BCUT2D eigenvalue weighted by molar-refractivity contribution is 5.71. The van der Waals surface area contributed by atoms with Crippen molar-refractivity contribution in [2.45, 2.75) is 18.9 Å². The molecule has 1 unspecified atom stereocenters. The van der Waals surface area contributed by atoms with Crippen LogP contribution in [-0.2, 0) is 14.4 Å². The number of hydrogen-bond donors (Lipinski definition) is 1. The van der Waals surface area contributed by atoms with Crippen LogP contribution in [0.4, 0.5) is 0 Å². The van der Waals surface area contributed by atoms with E-state index in [4.69, 9.17) is 10.6 Å². The van der Waals surface area contributed by atoms with Gasteiger partial charge in [0.25, 0.3) is 0 Å². The van der Waals surface area contributed by atoms with Gasteiger partial charge in [-0.15, -0.1) is 0 Å². The number of nitrogens with two attached hydrogens (primary N) is 1. The van der Waals surface area contributed by atoms with Gasteiger partial charge in [0.1, 0.15) is 12.7 Å². The molecule has 4 nitrogen and oxygen atoms in total. The first-order chi connectivity index (χ1) is 4.33. The van der Waals surface area contributed by atoms with Gasteiger partial charge >= 0.3 is 5.97 Å². The van der Waals surface area contributed by atoms with E-state index in [9.17, 15) is 4.79 Å². The second-order valence-electron chi connectivity index (χ2n) is 1.98. The first-order valence-electron chi connectivity index (χ1n) is 2.84. The Morgan fingerprint density at radius 3 is 3.11 bits per heavy atom. The molecule has 1 rings (SSSR count). The van der Waals surface area contributed by atoms with Gasteiger partial charge in [0.05, 0.1) is 0 Å². The van der Waals surface area contributed by atoms with Crippen LogP contribution in [0.1, 0.15) is 12.8 Å². The minimum absolute atomic E-state index is 0.109. The number of cyclic esters (lactones) is 1. The highest BCUT2D eigenvalue weighted by Gasteiger charge is 2.22. The third kappa shape index (κ3) is 1.65. The van der Waals surface area contributed by atoms with E-state index >= 15 is 0 Å². The predicted octanol–water partition coefficient (Wildman–Crippen LogP) is -0.418. The lowest BCUT2D eigenvalue weighted by molar-refractivity contribution is -0.143. The topological polar surface area (TPSA) is 61.5 Å². The zero-order valence-electron chi connectivity index (χ0n) is 5.00. The Kier molecular flexibility index (Phi) is 2.02. The summed E-state index contributed by atoms with van der Waals surface area (Å²) in [6.07, 6.45) is 1.12. The Balaban J connectivity index is 2.22. The molecule has 0 bridgehead atoms. The first-order valence-corrected chi connectivity index (χ1v) is 2.84. The summed E-state index contributed by atoms with van der Waals surface area (Å²) in [4.78, 5) is 14.7. The number of carbonyl (C=O) groups is 1. The molecule has 52 valence electrons. The average molecular weight is 131 g/mol. The van der Waals surface area contributed by atoms with Crippen LogP contribution >= 0.6 is 0 Å². The molecular weight excluding hydrogens is 122 g/mol. The highest BCUT2D eigenvalue weighted by atomic mass is 16.6. The van der Waals surface area contributed by atoms with Crippen LogP contribution in [0.5, 0.6) is 0 Å². The van der Waals surface area contributed by atoms with E-state index in [0.717, 1.165) is 6.42 Å². The lowest BCUT2D eigenvalue weighted by atomic mass is 10.2. The van der Waals surface area contributed by atoms with E-state index in [1.54, 1.807) is 0 Å². The fraction of sp³-hybridized carbons (Fsp3) is 0.800. The van der Waals surface area contributed by atoms with Gasteiger partial charge in [0.2, 0.25) is 0 Å². The van der Waals surface area contributed by atoms with Crippen molar-refractivity contribution in [1.82, 2.24) is 0 Å². The quantitative estimate of drug-likeness (QED) is 0.408. The van der Waals surface area contributed by atoms with E-state index in [-0.39, 0.29) is 12.1 Å². The first kappa shape index (κ1) is 6.51. The predicted molar refractivity (Wildman–Crippen MR) is 29.3 cm³/mol. The maximum atomic E-state index is 10.4. The van der Waals surface area contributed by atoms with E-state index in [1.165, 1.54) is 0 Å².